The molecule has 15 heteroatoms. The van der Waals surface area contributed by atoms with Gasteiger partial charge in [0.25, 0.3) is 5.91 Å². The molecule has 15 nitrogen and oxygen atoms in total. The molecule has 0 saturated carbocycles. The Labute approximate surface area is 256 Å². The first-order chi connectivity index (χ1) is 20.5. The molecule has 44 heavy (non-hydrogen) atoms. The van der Waals surface area contributed by atoms with Crippen LogP contribution in [0.5, 0.6) is 0 Å². The van der Waals surface area contributed by atoms with Crippen molar-refractivity contribution in [3.8, 4) is 24.7 Å². The van der Waals surface area contributed by atoms with Gasteiger partial charge in [-0.15, -0.1) is 12.8 Å². The van der Waals surface area contributed by atoms with Crippen molar-refractivity contribution in [1.29, 1.82) is 0 Å². The molecule has 0 aliphatic heterocycles. The largest absolute Gasteiger partial charge is 0.478 e. The van der Waals surface area contributed by atoms with Gasteiger partial charge in [-0.25, -0.2) is 34.3 Å². The number of carboxylic acids is 1. The van der Waals surface area contributed by atoms with Crippen LogP contribution < -0.4 is 21.3 Å². The van der Waals surface area contributed by atoms with Crippen molar-refractivity contribution in [2.24, 2.45) is 0 Å². The number of terminal acetylenes is 2. The number of amides is 2. The van der Waals surface area contributed by atoms with Crippen LogP contribution in [0, 0.1) is 52.4 Å². The van der Waals surface area contributed by atoms with Crippen molar-refractivity contribution in [1.82, 2.24) is 30.6 Å². The van der Waals surface area contributed by atoms with Crippen molar-refractivity contribution >= 4 is 35.8 Å². The average molecular weight is 611 g/mol. The van der Waals surface area contributed by atoms with E-state index in [4.69, 9.17) is 27.4 Å². The van der Waals surface area contributed by atoms with Crippen LogP contribution in [-0.2, 0) is 14.3 Å². The third kappa shape index (κ3) is 11.8. The van der Waals surface area contributed by atoms with E-state index in [1.54, 1.807) is 48.5 Å². The number of anilines is 2. The summed E-state index contributed by atoms with van der Waals surface area (Å²) in [5, 5.41) is 19.5. The number of hydrogen-bond donors (Lipinski definition) is 5. The summed E-state index contributed by atoms with van der Waals surface area (Å²) in [6, 6.07) is -1.13. The number of ether oxygens (including phenoxy) is 2. The lowest BCUT2D eigenvalue weighted by atomic mass is 10.1. The lowest BCUT2D eigenvalue weighted by molar-refractivity contribution is -0.142. The first-order valence-corrected chi connectivity index (χ1v) is 13.2. The molecule has 5 N–H and O–H groups in total. The highest BCUT2D eigenvalue weighted by Gasteiger charge is 2.26. The Bertz CT molecular complexity index is 1410. The highest BCUT2D eigenvalue weighted by atomic mass is 16.6. The SMILES string of the molecule is C#CCNc1nc(C)c(C(=O)N[C@@H](CNC(=O)OC(C)(C)C)C(=O)OC)c(C)n1.C#CCNc1nc(C)c(C(=O)O)c(C)n1. The molecule has 0 aromatic carbocycles. The van der Waals surface area contributed by atoms with Gasteiger partial charge in [0, 0.05) is 0 Å². The van der Waals surface area contributed by atoms with E-state index in [-0.39, 0.29) is 24.2 Å². The van der Waals surface area contributed by atoms with E-state index in [9.17, 15) is 19.2 Å². The maximum absolute atomic E-state index is 12.7. The predicted molar refractivity (Wildman–Crippen MR) is 162 cm³/mol. The van der Waals surface area contributed by atoms with Gasteiger partial charge >= 0.3 is 18.0 Å². The Hall–Kier alpha value is -5.44. The topological polar surface area (TPSA) is 207 Å². The van der Waals surface area contributed by atoms with Crippen molar-refractivity contribution < 1.29 is 33.8 Å². The first kappa shape index (κ1) is 36.6. The molecule has 236 valence electrons. The number of hydrogen-bond acceptors (Lipinski definition) is 12. The minimum atomic E-state index is -1.13. The van der Waals surface area contributed by atoms with Crippen LogP contribution in [0.3, 0.4) is 0 Å². The quantitative estimate of drug-likeness (QED) is 0.192. The van der Waals surface area contributed by atoms with Gasteiger partial charge in [-0.05, 0) is 48.5 Å². The summed E-state index contributed by atoms with van der Waals surface area (Å²) in [6.45, 7) is 12.0. The number of esters is 1. The molecule has 2 aromatic heterocycles. The second-order valence-corrected chi connectivity index (χ2v) is 10.0. The lowest BCUT2D eigenvalue weighted by Gasteiger charge is -2.22. The Balaban J connectivity index is 0.000000539. The molecule has 0 aliphatic carbocycles. The summed E-state index contributed by atoms with van der Waals surface area (Å²) in [4.78, 5) is 63.8. The maximum atomic E-state index is 12.7. The van der Waals surface area contributed by atoms with Gasteiger partial charge in [0.2, 0.25) is 11.9 Å². The van der Waals surface area contributed by atoms with E-state index >= 15 is 0 Å². The van der Waals surface area contributed by atoms with E-state index in [1.807, 2.05) is 0 Å². The fourth-order valence-electron chi connectivity index (χ4n) is 3.55. The number of aromatic carboxylic acids is 1. The fourth-order valence-corrected chi connectivity index (χ4v) is 3.55. The number of nitrogens with zero attached hydrogens (tertiary/aromatic N) is 4. The number of carboxylic acid groups (broad SMARTS) is 1. The first-order valence-electron chi connectivity index (χ1n) is 13.2. The molecule has 1 atom stereocenters. The van der Waals surface area contributed by atoms with Crippen molar-refractivity contribution in [3.05, 3.63) is 33.9 Å². The van der Waals surface area contributed by atoms with E-state index in [0.29, 0.717) is 41.2 Å². The van der Waals surface area contributed by atoms with Crippen LogP contribution in [0.2, 0.25) is 0 Å². The van der Waals surface area contributed by atoms with Gasteiger partial charge < -0.3 is 35.8 Å². The van der Waals surface area contributed by atoms with Crippen molar-refractivity contribution in [3.63, 3.8) is 0 Å². The highest BCUT2D eigenvalue weighted by Crippen LogP contribution is 2.14. The third-order valence-electron chi connectivity index (χ3n) is 5.32. The number of alkyl carbamates (subject to hydrolysis) is 1. The summed E-state index contributed by atoms with van der Waals surface area (Å²) >= 11 is 0. The Morgan fingerprint density at radius 2 is 1.27 bits per heavy atom. The summed E-state index contributed by atoms with van der Waals surface area (Å²) in [5.74, 6) is 3.12. The minimum Gasteiger partial charge on any atom is -0.478 e. The van der Waals surface area contributed by atoms with Gasteiger partial charge in [0.15, 0.2) is 0 Å². The number of aromatic nitrogens is 4. The smallest absolute Gasteiger partial charge is 0.407 e. The molecule has 2 heterocycles. The van der Waals surface area contributed by atoms with Crippen molar-refractivity contribution in [2.75, 3.05) is 37.4 Å². The van der Waals surface area contributed by atoms with Crippen LogP contribution in [0.25, 0.3) is 0 Å². The standard InChI is InChI=1S/C19H27N5O5.C10H11N3O2/c1-8-9-20-17-22-11(2)14(12(3)23-17)15(25)24-13(16(26)28-7)10-21-18(27)29-19(4,5)6;1-4-5-11-10-12-6(2)8(9(14)15)7(3)13-10/h1,13H,9-10H2,2-7H3,(H,21,27)(H,24,25)(H,20,22,23);1H,5H2,2-3H3,(H,14,15)(H,11,12,13)/t13-;/m0./s1. The van der Waals surface area contributed by atoms with Crippen LogP contribution in [-0.4, -0.2) is 87.4 Å². The molecule has 0 saturated heterocycles. The number of methoxy groups -OCH3 is 1. The molecule has 0 unspecified atom stereocenters. The molecule has 2 rings (SSSR count). The average Bonchev–Trinajstić information content (AvgIpc) is 2.91. The van der Waals surface area contributed by atoms with Gasteiger partial charge in [0.1, 0.15) is 17.2 Å². The van der Waals surface area contributed by atoms with Gasteiger partial charge in [-0.3, -0.25) is 4.79 Å². The Morgan fingerprint density at radius 3 is 1.64 bits per heavy atom. The molecule has 2 amide bonds. The molecular weight excluding hydrogens is 572 g/mol. The number of rotatable bonds is 10. The summed E-state index contributed by atoms with van der Waals surface area (Å²) in [5.41, 5.74) is 1.30. The highest BCUT2D eigenvalue weighted by molar-refractivity contribution is 5.98. The maximum Gasteiger partial charge on any atom is 0.407 e. The molecule has 0 fully saturated rings. The normalized spacial score (nSPS) is 10.9. The zero-order valence-electron chi connectivity index (χ0n) is 26.0. The van der Waals surface area contributed by atoms with Gasteiger partial charge in [-0.2, -0.15) is 0 Å². The second kappa shape index (κ2) is 16.9. The zero-order valence-corrected chi connectivity index (χ0v) is 26.0. The Kier molecular flexibility index (Phi) is 14.0. The van der Waals surface area contributed by atoms with Crippen LogP contribution in [0.1, 0.15) is 64.3 Å². The van der Waals surface area contributed by atoms with E-state index in [1.165, 1.54) is 7.11 Å². The minimum absolute atomic E-state index is 0.140. The third-order valence-corrected chi connectivity index (χ3v) is 5.32. The molecule has 0 spiro atoms. The van der Waals surface area contributed by atoms with Crippen LogP contribution >= 0.6 is 0 Å². The fraction of sp³-hybridized carbons (Fsp3) is 0.448. The number of carbonyl (C=O) groups is 4. The molecule has 0 radical (unpaired) electrons. The van der Waals surface area contributed by atoms with Crippen LogP contribution in [0.15, 0.2) is 0 Å². The van der Waals surface area contributed by atoms with Gasteiger partial charge in [-0.1, -0.05) is 11.8 Å². The Morgan fingerprint density at radius 1 is 0.841 bits per heavy atom. The molecule has 2 aromatic rings. The number of nitrogens with one attached hydrogen (secondary N) is 4. The monoisotopic (exact) mass is 610 g/mol. The van der Waals surface area contributed by atoms with E-state index in [0.717, 1.165) is 0 Å². The number of carbonyl (C=O) groups excluding carboxylic acids is 3. The summed E-state index contributed by atoms with van der Waals surface area (Å²) in [6.07, 6.45) is 9.54. The molecule has 0 bridgehead atoms. The predicted octanol–water partition coefficient (Wildman–Crippen LogP) is 1.77. The lowest BCUT2D eigenvalue weighted by Crippen LogP contribution is -2.50. The summed E-state index contributed by atoms with van der Waals surface area (Å²) < 4.78 is 9.82. The van der Waals surface area contributed by atoms with E-state index < -0.39 is 35.6 Å². The zero-order chi connectivity index (χ0) is 33.6. The summed E-state index contributed by atoms with van der Waals surface area (Å²) in [7, 11) is 1.18. The molecular formula is C29H38N8O7. The molecule has 0 aliphatic rings. The number of aryl methyl sites for hydroxylation is 4. The van der Waals surface area contributed by atoms with Crippen molar-refractivity contribution in [2.45, 2.75) is 60.1 Å². The second-order valence-electron chi connectivity index (χ2n) is 10.0. The van der Waals surface area contributed by atoms with E-state index in [2.05, 4.69) is 53.0 Å². The van der Waals surface area contributed by atoms with Crippen LogP contribution in [0.4, 0.5) is 16.7 Å². The van der Waals surface area contributed by atoms with Gasteiger partial charge in [0.05, 0.1) is 55.1 Å².